The fraction of sp³-hybridized carbons (Fsp3) is 0. The first-order chi connectivity index (χ1) is 8.22. The van der Waals surface area contributed by atoms with Gasteiger partial charge < -0.3 is 15.3 Å². The molecule has 0 unspecified atom stereocenters. The molecular weight excluding hydrogens is 218 g/mol. The molecule has 0 atom stereocenters. The fourth-order valence-electron chi connectivity index (χ4n) is 1.37. The van der Waals surface area contributed by atoms with E-state index in [1.807, 2.05) is 0 Å². The predicted octanol–water partition coefficient (Wildman–Crippen LogP) is 1.20. The van der Waals surface area contributed by atoms with Gasteiger partial charge in [0.2, 0.25) is 0 Å². The highest BCUT2D eigenvalue weighted by Gasteiger charge is 1.99. The molecule has 0 aliphatic carbocycles. The number of fused-ring (bicyclic) bond motifs is 1. The highest BCUT2D eigenvalue weighted by Crippen LogP contribution is 2.14. The number of aromatic amines is 2. The second-order valence-corrected chi connectivity index (χ2v) is 3.27. The summed E-state index contributed by atoms with van der Waals surface area (Å²) in [7, 11) is 0. The standard InChI is InChI=1S/C11H7N5O/c12-4-7(5-13)6-14-8-1-2-9-10(3-8)16-11(17)15-9/h1-3,6,14H,(H2,15,16,17). The average molecular weight is 225 g/mol. The summed E-state index contributed by atoms with van der Waals surface area (Å²) in [6.45, 7) is 0. The van der Waals surface area contributed by atoms with Gasteiger partial charge in [-0.2, -0.15) is 10.5 Å². The number of hydrogen-bond acceptors (Lipinski definition) is 4. The van der Waals surface area contributed by atoms with Gasteiger partial charge in [-0.25, -0.2) is 4.79 Å². The minimum absolute atomic E-state index is 0.0207. The number of anilines is 1. The van der Waals surface area contributed by atoms with Crippen LogP contribution in [0.5, 0.6) is 0 Å². The molecule has 0 radical (unpaired) electrons. The van der Waals surface area contributed by atoms with E-state index in [0.29, 0.717) is 16.7 Å². The smallest absolute Gasteiger partial charge is 0.323 e. The lowest BCUT2D eigenvalue weighted by molar-refractivity contribution is 1.22. The van der Waals surface area contributed by atoms with Gasteiger partial charge >= 0.3 is 5.69 Å². The van der Waals surface area contributed by atoms with Gasteiger partial charge in [-0.15, -0.1) is 0 Å². The van der Waals surface area contributed by atoms with Crippen molar-refractivity contribution in [3.05, 3.63) is 40.5 Å². The lowest BCUT2D eigenvalue weighted by atomic mass is 10.2. The second-order valence-electron chi connectivity index (χ2n) is 3.27. The van der Waals surface area contributed by atoms with E-state index in [0.717, 1.165) is 0 Å². The largest absolute Gasteiger partial charge is 0.360 e. The monoisotopic (exact) mass is 225 g/mol. The van der Waals surface area contributed by atoms with Gasteiger partial charge in [0.05, 0.1) is 11.0 Å². The Morgan fingerprint density at radius 1 is 1.24 bits per heavy atom. The van der Waals surface area contributed by atoms with E-state index in [9.17, 15) is 4.79 Å². The maximum Gasteiger partial charge on any atom is 0.323 e. The van der Waals surface area contributed by atoms with Crippen LogP contribution in [0.15, 0.2) is 34.8 Å². The Morgan fingerprint density at radius 2 is 1.94 bits per heavy atom. The third-order valence-corrected chi connectivity index (χ3v) is 2.14. The van der Waals surface area contributed by atoms with Crippen LogP contribution < -0.4 is 11.0 Å². The molecule has 0 saturated carbocycles. The van der Waals surface area contributed by atoms with E-state index >= 15 is 0 Å². The summed E-state index contributed by atoms with van der Waals surface area (Å²) in [4.78, 5) is 16.3. The molecule has 6 heteroatoms. The molecule has 0 fully saturated rings. The normalized spacial score (nSPS) is 9.29. The van der Waals surface area contributed by atoms with Crippen molar-refractivity contribution in [2.75, 3.05) is 5.32 Å². The van der Waals surface area contributed by atoms with Crippen LogP contribution in [0.3, 0.4) is 0 Å². The summed E-state index contributed by atoms with van der Waals surface area (Å²) < 4.78 is 0. The van der Waals surface area contributed by atoms with Crippen molar-refractivity contribution in [1.29, 1.82) is 10.5 Å². The molecule has 0 bridgehead atoms. The van der Waals surface area contributed by atoms with Gasteiger partial charge in [0, 0.05) is 11.9 Å². The Hall–Kier alpha value is -2.99. The van der Waals surface area contributed by atoms with Gasteiger partial charge in [-0.05, 0) is 18.2 Å². The maximum absolute atomic E-state index is 11.0. The van der Waals surface area contributed by atoms with E-state index < -0.39 is 0 Å². The van der Waals surface area contributed by atoms with Crippen molar-refractivity contribution in [3.8, 4) is 12.1 Å². The molecule has 0 spiro atoms. The van der Waals surface area contributed by atoms with E-state index in [4.69, 9.17) is 10.5 Å². The van der Waals surface area contributed by atoms with E-state index in [1.165, 1.54) is 6.20 Å². The molecule has 0 saturated heterocycles. The van der Waals surface area contributed by atoms with Crippen molar-refractivity contribution < 1.29 is 0 Å². The molecule has 82 valence electrons. The number of benzene rings is 1. The number of rotatable bonds is 2. The quantitative estimate of drug-likeness (QED) is 0.667. The third-order valence-electron chi connectivity index (χ3n) is 2.14. The summed E-state index contributed by atoms with van der Waals surface area (Å²) in [6.07, 6.45) is 1.31. The molecule has 2 rings (SSSR count). The Morgan fingerprint density at radius 3 is 2.65 bits per heavy atom. The van der Waals surface area contributed by atoms with Crippen molar-refractivity contribution >= 4 is 16.7 Å². The zero-order valence-electron chi connectivity index (χ0n) is 8.61. The van der Waals surface area contributed by atoms with Crippen LogP contribution in [0.4, 0.5) is 5.69 Å². The topological polar surface area (TPSA) is 108 Å². The zero-order chi connectivity index (χ0) is 12.3. The van der Waals surface area contributed by atoms with Crippen LogP contribution in [0, 0.1) is 22.7 Å². The molecule has 1 aromatic carbocycles. The van der Waals surface area contributed by atoms with Crippen molar-refractivity contribution in [2.45, 2.75) is 0 Å². The minimum Gasteiger partial charge on any atom is -0.360 e. The Labute approximate surface area is 95.8 Å². The van der Waals surface area contributed by atoms with Crippen LogP contribution in [0.2, 0.25) is 0 Å². The summed E-state index contributed by atoms with van der Waals surface area (Å²) in [5.41, 5.74) is 1.74. The van der Waals surface area contributed by atoms with Crippen LogP contribution in [0.25, 0.3) is 11.0 Å². The van der Waals surface area contributed by atoms with Gasteiger partial charge in [-0.3, -0.25) is 0 Å². The third kappa shape index (κ3) is 2.16. The molecule has 1 heterocycles. The Kier molecular flexibility index (Phi) is 2.63. The zero-order valence-corrected chi connectivity index (χ0v) is 8.61. The van der Waals surface area contributed by atoms with Crippen molar-refractivity contribution in [3.63, 3.8) is 0 Å². The number of allylic oxidation sites excluding steroid dienone is 1. The van der Waals surface area contributed by atoms with Crippen LogP contribution in [-0.2, 0) is 0 Å². The molecule has 0 aliphatic heterocycles. The van der Waals surface area contributed by atoms with E-state index in [1.54, 1.807) is 30.3 Å². The number of hydrogen-bond donors (Lipinski definition) is 3. The van der Waals surface area contributed by atoms with Crippen molar-refractivity contribution in [1.82, 2.24) is 9.97 Å². The highest BCUT2D eigenvalue weighted by molar-refractivity contribution is 5.79. The minimum atomic E-state index is -0.276. The number of nitrogens with one attached hydrogen (secondary N) is 3. The Bertz CT molecular complexity index is 707. The fourth-order valence-corrected chi connectivity index (χ4v) is 1.37. The molecule has 0 aliphatic rings. The number of nitriles is 2. The van der Waals surface area contributed by atoms with Crippen LogP contribution in [0.1, 0.15) is 0 Å². The SMILES string of the molecule is N#CC(C#N)=CNc1ccc2[nH]c(=O)[nH]c2c1. The first-order valence-corrected chi connectivity index (χ1v) is 4.72. The molecular formula is C11H7N5O. The lowest BCUT2D eigenvalue weighted by Gasteiger charge is -1.99. The van der Waals surface area contributed by atoms with Gasteiger partial charge in [-0.1, -0.05) is 0 Å². The lowest BCUT2D eigenvalue weighted by Crippen LogP contribution is -1.99. The highest BCUT2D eigenvalue weighted by atomic mass is 16.1. The molecule has 0 amide bonds. The van der Waals surface area contributed by atoms with Gasteiger partial charge in [0.1, 0.15) is 17.7 Å². The van der Waals surface area contributed by atoms with Crippen molar-refractivity contribution in [2.24, 2.45) is 0 Å². The summed E-state index contributed by atoms with van der Waals surface area (Å²) in [5, 5.41) is 19.9. The summed E-state index contributed by atoms with van der Waals surface area (Å²) >= 11 is 0. The number of imidazole rings is 1. The predicted molar refractivity (Wildman–Crippen MR) is 61.9 cm³/mol. The second kappa shape index (κ2) is 4.25. The van der Waals surface area contributed by atoms with Gasteiger partial charge in [0.15, 0.2) is 0 Å². The first kappa shape index (κ1) is 10.5. The van der Waals surface area contributed by atoms with E-state index in [2.05, 4.69) is 15.3 Å². The summed E-state index contributed by atoms with van der Waals surface area (Å²) in [6, 6.07) is 8.63. The van der Waals surface area contributed by atoms with Crippen LogP contribution in [-0.4, -0.2) is 9.97 Å². The van der Waals surface area contributed by atoms with E-state index in [-0.39, 0.29) is 11.3 Å². The van der Waals surface area contributed by atoms with Crippen LogP contribution >= 0.6 is 0 Å². The maximum atomic E-state index is 11.0. The molecule has 1 aromatic heterocycles. The molecule has 3 N–H and O–H groups in total. The molecule has 17 heavy (non-hydrogen) atoms. The molecule has 2 aromatic rings. The number of aromatic nitrogens is 2. The Balaban J connectivity index is 2.32. The number of nitrogens with zero attached hydrogens (tertiary/aromatic N) is 2. The first-order valence-electron chi connectivity index (χ1n) is 4.72. The molecule has 6 nitrogen and oxygen atoms in total. The average Bonchev–Trinajstić information content (AvgIpc) is 2.69. The van der Waals surface area contributed by atoms with Gasteiger partial charge in [0.25, 0.3) is 0 Å². The summed E-state index contributed by atoms with van der Waals surface area (Å²) in [5.74, 6) is 0. The number of H-pyrrole nitrogens is 2.